The van der Waals surface area contributed by atoms with E-state index in [0.29, 0.717) is 23.7 Å². The average Bonchev–Trinajstić information content (AvgIpc) is 4.14. The first-order valence-corrected chi connectivity index (χ1v) is 37.1. The number of rotatable bonds is 23. The molecule has 0 aromatic heterocycles. The van der Waals surface area contributed by atoms with Crippen LogP contribution < -0.4 is 19.3 Å². The third kappa shape index (κ3) is 29.3. The van der Waals surface area contributed by atoms with Gasteiger partial charge in [-0.15, -0.1) is 0 Å². The van der Waals surface area contributed by atoms with Gasteiger partial charge in [0, 0.05) is 28.9 Å². The van der Waals surface area contributed by atoms with E-state index in [-0.39, 0.29) is 0 Å². The number of ether oxygens (including phenoxy) is 2. The molecule has 0 spiro atoms. The van der Waals surface area contributed by atoms with Crippen molar-refractivity contribution in [3.63, 3.8) is 0 Å². The van der Waals surface area contributed by atoms with Crippen LogP contribution in [-0.2, 0) is 13.7 Å². The Morgan fingerprint density at radius 1 is 0.482 bits per heavy atom. The molecule has 1 saturated heterocycles. The molecule has 0 N–H and O–H groups in total. The molecule has 1 aliphatic rings. The zero-order chi connectivity index (χ0) is 61.6. The third-order valence-corrected chi connectivity index (χ3v) is 15.1. The molecule has 0 atom stereocenters. The number of benzene rings is 6. The zero-order valence-corrected chi connectivity index (χ0v) is 58.5. The molecule has 5 nitrogen and oxygen atoms in total. The molecule has 0 aliphatic carbocycles. The Labute approximate surface area is 532 Å². The van der Waals surface area contributed by atoms with Crippen molar-refractivity contribution in [3.8, 4) is 11.5 Å². The molecule has 6 aromatic carbocycles. The Kier molecular flexibility index (Phi) is 39.4. The van der Waals surface area contributed by atoms with Gasteiger partial charge in [0.2, 0.25) is 0 Å². The molecular weight excluding hydrogens is 1240 g/mol. The van der Waals surface area contributed by atoms with Crippen LogP contribution in [0.25, 0.3) is 18.2 Å². The van der Waals surface area contributed by atoms with E-state index in [1.54, 1.807) is 14.2 Å². The zero-order valence-electron chi connectivity index (χ0n) is 53.1. The van der Waals surface area contributed by atoms with Crippen LogP contribution in [0.5, 0.6) is 11.5 Å². The number of unbranched alkanes of at least 4 members (excludes halogenated alkanes) is 4. The van der Waals surface area contributed by atoms with Crippen molar-refractivity contribution in [3.05, 3.63) is 202 Å². The number of nitrogens with zero attached hydrogens (tertiary/aromatic N) is 3. The maximum absolute atomic E-state index is 5.11. The summed E-state index contributed by atoms with van der Waals surface area (Å²) in [6.45, 7) is 41.6. The first-order chi connectivity index (χ1) is 39.8. The predicted octanol–water partition coefficient (Wildman–Crippen LogP) is 23.3. The molecule has 1 heterocycles. The van der Waals surface area contributed by atoms with Gasteiger partial charge in [0.05, 0.1) is 40.4 Å². The molecule has 0 radical (unpaired) electrons. The number of quaternary nitrogens is 1. The van der Waals surface area contributed by atoms with Gasteiger partial charge in [-0.1, -0.05) is 259 Å². The Morgan fingerprint density at radius 2 is 0.783 bits per heavy atom. The summed E-state index contributed by atoms with van der Waals surface area (Å²) in [5, 5.41) is 0. The SMILES string of the molecule is C=Cc1ccccc1.CC(C)c1cccc(C(C)C)c1N1[CH-]N(c2c(C(C)C)cccc2C(C)C)CC1.CCCC[N+](CCCC)(CCCC)CCCC.COc1ccc(/C=C/c2ccccc2)cc1.COc1ccc(Br)cc1.[Cl][Pd]([Cl])[Cl]. The van der Waals surface area contributed by atoms with E-state index in [0.717, 1.165) is 29.1 Å². The van der Waals surface area contributed by atoms with Crippen LogP contribution in [0.2, 0.25) is 0 Å². The van der Waals surface area contributed by atoms with E-state index in [2.05, 4.69) is 183 Å². The fourth-order valence-corrected chi connectivity index (χ4v) is 10.1. The Morgan fingerprint density at radius 3 is 1.06 bits per heavy atom. The molecule has 0 amide bonds. The van der Waals surface area contributed by atoms with Crippen LogP contribution in [0, 0.1) is 6.67 Å². The molecule has 0 bridgehead atoms. The number of methoxy groups -OCH3 is 2. The van der Waals surface area contributed by atoms with Crippen molar-refractivity contribution >= 4 is 74.1 Å². The van der Waals surface area contributed by atoms with Gasteiger partial charge < -0.3 is 23.8 Å². The fourth-order valence-electron chi connectivity index (χ4n) is 9.80. The summed E-state index contributed by atoms with van der Waals surface area (Å²) in [4.78, 5) is 5.01. The van der Waals surface area contributed by atoms with Gasteiger partial charge >= 0.3 is 42.3 Å². The van der Waals surface area contributed by atoms with E-state index >= 15 is 0 Å². The second-order valence-corrected chi connectivity index (χ2v) is 30.3. The second kappa shape index (κ2) is 43.6. The van der Waals surface area contributed by atoms with E-state index in [1.165, 1.54) is 132 Å². The van der Waals surface area contributed by atoms with E-state index in [9.17, 15) is 0 Å². The molecular formula is C73H104BrCl3N3O2Pd. The molecule has 0 saturated carbocycles. The van der Waals surface area contributed by atoms with Gasteiger partial charge in [-0.3, -0.25) is 0 Å². The first kappa shape index (κ1) is 75.1. The number of para-hydroxylation sites is 2. The van der Waals surface area contributed by atoms with Crippen molar-refractivity contribution in [1.29, 1.82) is 0 Å². The summed E-state index contributed by atoms with van der Waals surface area (Å²) in [5.74, 6) is 3.83. The number of anilines is 2. The molecule has 83 heavy (non-hydrogen) atoms. The van der Waals surface area contributed by atoms with Gasteiger partial charge in [-0.2, -0.15) is 6.67 Å². The van der Waals surface area contributed by atoms with Crippen LogP contribution in [0.1, 0.15) is 197 Å². The minimum absolute atomic E-state index is 0.514. The monoisotopic (exact) mass is 1340 g/mol. The summed E-state index contributed by atoms with van der Waals surface area (Å²) in [7, 11) is 18.1. The average molecular weight is 1350 g/mol. The Balaban J connectivity index is 0.000000374. The standard InChI is InChI=1S/C27H39N2.C16H36N.C15H14O.C8H8.C7H7BrO.3ClH.Pd/c1-18(2)22-11-9-12-23(19(3)4)26(22)28-15-16-29(17-28)27-24(20(5)6)13-10-14-25(27)21(7)8;1-5-9-13-17(14-10-6-2,15-11-7-3)16-12-8-4;1-16-15-11-9-14(10-12-15)8-7-13-5-3-2-4-6-13;1-2-8-6-4-3-5-7-8;1-9-7-4-2-6(8)3-5-7;;;;/h9-14,17-21H,15-16H2,1-8H3;5-16H2,1-4H3;2-12H,1H3;2-7H,1H2;2-5H,1H3;3*1H;/q-1;+1;;;;;;;+3/p-3/b;;8-7+;;;;;;. The molecule has 6 aromatic rings. The normalized spacial score (nSPS) is 12.0. The quantitative estimate of drug-likeness (QED) is 0.0276. The molecule has 0 unspecified atom stereocenters. The maximum atomic E-state index is 5.11. The van der Waals surface area contributed by atoms with Crippen LogP contribution in [-0.4, -0.2) is 58.0 Å². The minimum atomic E-state index is -1.57. The third-order valence-electron chi connectivity index (χ3n) is 14.5. The molecule has 461 valence electrons. The van der Waals surface area contributed by atoms with Gasteiger partial charge in [0.15, 0.2) is 0 Å². The topological polar surface area (TPSA) is 24.9 Å². The van der Waals surface area contributed by atoms with Crippen LogP contribution in [0.4, 0.5) is 11.4 Å². The van der Waals surface area contributed by atoms with Crippen molar-refractivity contribution < 1.29 is 27.7 Å². The number of hydrogen-bond acceptors (Lipinski definition) is 4. The van der Waals surface area contributed by atoms with Gasteiger partial charge in [0.25, 0.3) is 0 Å². The summed E-state index contributed by atoms with van der Waals surface area (Å²) >= 11 is 1.75. The van der Waals surface area contributed by atoms with Crippen LogP contribution >= 0.6 is 44.5 Å². The summed E-state index contributed by atoms with van der Waals surface area (Å²) < 4.78 is 12.5. The summed E-state index contributed by atoms with van der Waals surface area (Å²) in [5.41, 5.74) is 12.2. The van der Waals surface area contributed by atoms with Crippen molar-refractivity contribution in [2.24, 2.45) is 0 Å². The fraction of sp³-hybridized carbons (Fsp3) is 0.438. The molecule has 7 rings (SSSR count). The van der Waals surface area contributed by atoms with Crippen LogP contribution in [0.15, 0.2) is 157 Å². The van der Waals surface area contributed by atoms with Gasteiger partial charge in [-0.25, -0.2) is 0 Å². The van der Waals surface area contributed by atoms with E-state index in [4.69, 9.17) is 38.1 Å². The Bertz CT molecular complexity index is 2470. The van der Waals surface area contributed by atoms with Gasteiger partial charge in [-0.05, 0) is 125 Å². The summed E-state index contributed by atoms with van der Waals surface area (Å²) in [6, 6.07) is 49.7. The number of halogens is 4. The molecule has 1 aliphatic heterocycles. The van der Waals surface area contributed by atoms with Crippen molar-refractivity contribution in [1.82, 2.24) is 0 Å². The van der Waals surface area contributed by atoms with E-state index < -0.39 is 13.7 Å². The van der Waals surface area contributed by atoms with E-state index in [1.807, 2.05) is 103 Å². The van der Waals surface area contributed by atoms with Crippen molar-refractivity contribution in [2.45, 2.75) is 158 Å². The second-order valence-electron chi connectivity index (χ2n) is 22.3. The summed E-state index contributed by atoms with van der Waals surface area (Å²) in [6.07, 6.45) is 17.1. The van der Waals surface area contributed by atoms with Crippen LogP contribution in [0.3, 0.4) is 0 Å². The van der Waals surface area contributed by atoms with Gasteiger partial charge in [0.1, 0.15) is 11.5 Å². The Hall–Kier alpha value is -4.03. The van der Waals surface area contributed by atoms with Crippen molar-refractivity contribution in [2.75, 3.05) is 63.3 Å². The molecule has 1 fully saturated rings. The first-order valence-electron chi connectivity index (χ1n) is 30.3. The number of hydrogen-bond donors (Lipinski definition) is 0. The predicted molar refractivity (Wildman–Crippen MR) is 371 cm³/mol. The molecule has 10 heteroatoms.